The Labute approximate surface area is 117 Å². The Hall–Kier alpha value is -2.68. The normalized spacial score (nSPS) is 10.4. The van der Waals surface area contributed by atoms with E-state index < -0.39 is 0 Å². The Kier molecular flexibility index (Phi) is 3.17. The van der Waals surface area contributed by atoms with Crippen LogP contribution in [0.15, 0.2) is 60.7 Å². The van der Waals surface area contributed by atoms with Crippen LogP contribution in [-0.4, -0.2) is 15.1 Å². The van der Waals surface area contributed by atoms with Crippen molar-refractivity contribution >= 4 is 0 Å². The first-order valence-electron chi connectivity index (χ1n) is 6.43. The SMILES string of the molecule is Cc1nc(-c2ccccc2)cc(-c2ccccc2O)n1. The number of para-hydroxylation sites is 1. The summed E-state index contributed by atoms with van der Waals surface area (Å²) in [7, 11) is 0. The number of hydrogen-bond donors (Lipinski definition) is 1. The van der Waals surface area contributed by atoms with Crippen molar-refractivity contribution in [3.8, 4) is 28.3 Å². The molecule has 98 valence electrons. The number of benzene rings is 2. The fraction of sp³-hybridized carbons (Fsp3) is 0.0588. The smallest absolute Gasteiger partial charge is 0.126 e. The molecule has 0 saturated heterocycles. The van der Waals surface area contributed by atoms with Crippen LogP contribution >= 0.6 is 0 Å². The molecule has 3 rings (SSSR count). The fourth-order valence-electron chi connectivity index (χ4n) is 2.15. The average Bonchev–Trinajstić information content (AvgIpc) is 2.48. The monoisotopic (exact) mass is 262 g/mol. The summed E-state index contributed by atoms with van der Waals surface area (Å²) in [6.45, 7) is 1.86. The van der Waals surface area contributed by atoms with Gasteiger partial charge in [-0.25, -0.2) is 9.97 Å². The van der Waals surface area contributed by atoms with E-state index in [1.54, 1.807) is 12.1 Å². The molecule has 0 unspecified atom stereocenters. The maximum absolute atomic E-state index is 9.96. The van der Waals surface area contributed by atoms with Crippen molar-refractivity contribution in [2.45, 2.75) is 6.92 Å². The molecule has 0 aliphatic carbocycles. The molecular formula is C17H14N2O. The van der Waals surface area contributed by atoms with Gasteiger partial charge in [-0.3, -0.25) is 0 Å². The highest BCUT2D eigenvalue weighted by molar-refractivity contribution is 5.71. The summed E-state index contributed by atoms with van der Waals surface area (Å²) in [4.78, 5) is 8.89. The van der Waals surface area contributed by atoms with Crippen molar-refractivity contribution in [1.29, 1.82) is 0 Å². The Morgan fingerprint density at radius 3 is 2.20 bits per heavy atom. The minimum atomic E-state index is 0.226. The second kappa shape index (κ2) is 5.13. The van der Waals surface area contributed by atoms with Crippen molar-refractivity contribution in [3.05, 3.63) is 66.5 Å². The lowest BCUT2D eigenvalue weighted by Crippen LogP contribution is -1.94. The van der Waals surface area contributed by atoms with Gasteiger partial charge in [0.05, 0.1) is 11.4 Å². The molecule has 20 heavy (non-hydrogen) atoms. The Bertz CT molecular complexity index is 739. The van der Waals surface area contributed by atoms with Crippen molar-refractivity contribution in [3.63, 3.8) is 0 Å². The van der Waals surface area contributed by atoms with E-state index in [1.807, 2.05) is 55.5 Å². The summed E-state index contributed by atoms with van der Waals surface area (Å²) >= 11 is 0. The number of phenolic OH excluding ortho intramolecular Hbond substituents is 1. The van der Waals surface area contributed by atoms with Gasteiger partial charge in [0.15, 0.2) is 0 Å². The largest absolute Gasteiger partial charge is 0.507 e. The first-order chi connectivity index (χ1) is 9.74. The molecule has 0 aliphatic heterocycles. The van der Waals surface area contributed by atoms with Gasteiger partial charge in [0.25, 0.3) is 0 Å². The fourth-order valence-corrected chi connectivity index (χ4v) is 2.15. The molecule has 0 fully saturated rings. The van der Waals surface area contributed by atoms with Gasteiger partial charge in [0.2, 0.25) is 0 Å². The molecule has 0 bridgehead atoms. The number of phenols is 1. The predicted molar refractivity (Wildman–Crippen MR) is 79.3 cm³/mol. The molecule has 0 aliphatic rings. The van der Waals surface area contributed by atoms with Crippen LogP contribution in [0.3, 0.4) is 0 Å². The summed E-state index contributed by atoms with van der Waals surface area (Å²) in [5.74, 6) is 0.911. The van der Waals surface area contributed by atoms with Crippen LogP contribution < -0.4 is 0 Å². The molecule has 0 saturated carbocycles. The number of rotatable bonds is 2. The lowest BCUT2D eigenvalue weighted by molar-refractivity contribution is 0.477. The van der Waals surface area contributed by atoms with Crippen LogP contribution in [0, 0.1) is 6.92 Å². The molecule has 3 heteroatoms. The molecule has 0 radical (unpaired) electrons. The molecule has 2 aromatic carbocycles. The minimum Gasteiger partial charge on any atom is -0.507 e. The van der Waals surface area contributed by atoms with Crippen molar-refractivity contribution in [1.82, 2.24) is 9.97 Å². The van der Waals surface area contributed by atoms with E-state index in [0.717, 1.165) is 22.5 Å². The number of hydrogen-bond acceptors (Lipinski definition) is 3. The third kappa shape index (κ3) is 2.38. The number of nitrogens with zero attached hydrogens (tertiary/aromatic N) is 2. The Morgan fingerprint density at radius 2 is 1.45 bits per heavy atom. The van der Waals surface area contributed by atoms with Gasteiger partial charge < -0.3 is 5.11 Å². The first kappa shape index (κ1) is 12.4. The lowest BCUT2D eigenvalue weighted by atomic mass is 10.1. The summed E-state index contributed by atoms with van der Waals surface area (Å²) in [5, 5.41) is 9.96. The van der Waals surface area contributed by atoms with Crippen LogP contribution in [0.1, 0.15) is 5.82 Å². The second-order valence-electron chi connectivity index (χ2n) is 4.57. The summed E-state index contributed by atoms with van der Waals surface area (Å²) < 4.78 is 0. The standard InChI is InChI=1S/C17H14N2O/c1-12-18-15(13-7-3-2-4-8-13)11-16(19-12)14-9-5-6-10-17(14)20/h2-11,20H,1H3. The molecular weight excluding hydrogens is 248 g/mol. The van der Waals surface area contributed by atoms with Crippen molar-refractivity contribution < 1.29 is 5.11 Å². The van der Waals surface area contributed by atoms with Gasteiger partial charge in [0, 0.05) is 11.1 Å². The molecule has 0 amide bonds. The lowest BCUT2D eigenvalue weighted by Gasteiger charge is -2.07. The summed E-state index contributed by atoms with van der Waals surface area (Å²) in [5.41, 5.74) is 3.34. The van der Waals surface area contributed by atoms with E-state index in [4.69, 9.17) is 0 Å². The maximum Gasteiger partial charge on any atom is 0.126 e. The molecule has 0 atom stereocenters. The quantitative estimate of drug-likeness (QED) is 0.763. The molecule has 3 aromatic rings. The molecule has 0 spiro atoms. The maximum atomic E-state index is 9.96. The van der Waals surface area contributed by atoms with E-state index in [0.29, 0.717) is 5.82 Å². The van der Waals surface area contributed by atoms with Crippen LogP contribution in [0.5, 0.6) is 5.75 Å². The minimum absolute atomic E-state index is 0.226. The highest BCUT2D eigenvalue weighted by Crippen LogP contribution is 2.29. The zero-order valence-corrected chi connectivity index (χ0v) is 11.1. The highest BCUT2D eigenvalue weighted by atomic mass is 16.3. The van der Waals surface area contributed by atoms with Gasteiger partial charge in [-0.15, -0.1) is 0 Å². The number of aromatic nitrogens is 2. The van der Waals surface area contributed by atoms with E-state index in [2.05, 4.69) is 9.97 Å². The van der Waals surface area contributed by atoms with Gasteiger partial charge >= 0.3 is 0 Å². The number of aryl methyl sites for hydroxylation is 1. The van der Waals surface area contributed by atoms with Crippen LogP contribution in [0.2, 0.25) is 0 Å². The van der Waals surface area contributed by atoms with E-state index in [1.165, 1.54) is 0 Å². The zero-order chi connectivity index (χ0) is 13.9. The molecule has 1 N–H and O–H groups in total. The van der Waals surface area contributed by atoms with Crippen molar-refractivity contribution in [2.24, 2.45) is 0 Å². The summed E-state index contributed by atoms with van der Waals surface area (Å²) in [6, 6.07) is 19.0. The van der Waals surface area contributed by atoms with Crippen LogP contribution in [0.25, 0.3) is 22.5 Å². The summed E-state index contributed by atoms with van der Waals surface area (Å²) in [6.07, 6.45) is 0. The van der Waals surface area contributed by atoms with E-state index >= 15 is 0 Å². The van der Waals surface area contributed by atoms with E-state index in [-0.39, 0.29) is 5.75 Å². The Balaban J connectivity index is 2.15. The Morgan fingerprint density at radius 1 is 0.800 bits per heavy atom. The average molecular weight is 262 g/mol. The third-order valence-electron chi connectivity index (χ3n) is 3.09. The third-order valence-corrected chi connectivity index (χ3v) is 3.09. The van der Waals surface area contributed by atoms with Gasteiger partial charge in [0.1, 0.15) is 11.6 Å². The second-order valence-corrected chi connectivity index (χ2v) is 4.57. The zero-order valence-electron chi connectivity index (χ0n) is 11.1. The topological polar surface area (TPSA) is 46.0 Å². The molecule has 1 aromatic heterocycles. The molecule has 1 heterocycles. The highest BCUT2D eigenvalue weighted by Gasteiger charge is 2.09. The van der Waals surface area contributed by atoms with Gasteiger partial charge in [-0.1, -0.05) is 42.5 Å². The van der Waals surface area contributed by atoms with Crippen LogP contribution in [0.4, 0.5) is 0 Å². The number of aromatic hydroxyl groups is 1. The molecule has 3 nitrogen and oxygen atoms in total. The van der Waals surface area contributed by atoms with Crippen molar-refractivity contribution in [2.75, 3.05) is 0 Å². The van der Waals surface area contributed by atoms with Crippen LogP contribution in [-0.2, 0) is 0 Å². The van der Waals surface area contributed by atoms with E-state index in [9.17, 15) is 5.11 Å². The van der Waals surface area contributed by atoms with Gasteiger partial charge in [-0.05, 0) is 25.1 Å². The predicted octanol–water partition coefficient (Wildman–Crippen LogP) is 3.82. The first-order valence-corrected chi connectivity index (χ1v) is 6.43. The van der Waals surface area contributed by atoms with Gasteiger partial charge in [-0.2, -0.15) is 0 Å².